The van der Waals surface area contributed by atoms with E-state index in [0.29, 0.717) is 16.9 Å². The first-order chi connectivity index (χ1) is 14.4. The Balaban J connectivity index is 1.96. The molecule has 0 spiro atoms. The van der Waals surface area contributed by atoms with Crippen molar-refractivity contribution in [2.24, 2.45) is 0 Å². The van der Waals surface area contributed by atoms with E-state index in [4.69, 9.17) is 0 Å². The van der Waals surface area contributed by atoms with Crippen LogP contribution < -0.4 is 15.5 Å². The van der Waals surface area contributed by atoms with Crippen LogP contribution >= 0.6 is 0 Å². The van der Waals surface area contributed by atoms with Crippen LogP contribution in [0.5, 0.6) is 0 Å². The molecule has 0 saturated carbocycles. The molecule has 2 amide bonds. The van der Waals surface area contributed by atoms with Crippen molar-refractivity contribution in [2.45, 2.75) is 20.8 Å². The maximum atomic E-state index is 12.3. The number of nitrogens with one attached hydrogen (secondary N) is 2. The second-order valence-electron chi connectivity index (χ2n) is 6.56. The van der Waals surface area contributed by atoms with Crippen LogP contribution in [0.3, 0.4) is 0 Å². The minimum Gasteiger partial charge on any atom is -0.465 e. The van der Waals surface area contributed by atoms with E-state index in [1.54, 1.807) is 31.2 Å². The number of hydrogen-bond donors (Lipinski definition) is 2. The summed E-state index contributed by atoms with van der Waals surface area (Å²) in [5.74, 6) is -1.25. The number of hydrogen-bond acceptors (Lipinski definition) is 5. The summed E-state index contributed by atoms with van der Waals surface area (Å²) in [5, 5.41) is 5.44. The molecule has 2 N–H and O–H groups in total. The molecule has 0 aliphatic rings. The van der Waals surface area contributed by atoms with E-state index < -0.39 is 11.9 Å². The van der Waals surface area contributed by atoms with Gasteiger partial charge in [-0.2, -0.15) is 0 Å². The molecule has 0 unspecified atom stereocenters. The highest BCUT2D eigenvalue weighted by molar-refractivity contribution is 6.10. The molecule has 158 valence electrons. The highest BCUT2D eigenvalue weighted by Crippen LogP contribution is 2.18. The average Bonchev–Trinajstić information content (AvgIpc) is 2.75. The van der Waals surface area contributed by atoms with Crippen LogP contribution in [-0.4, -0.2) is 38.0 Å². The quantitative estimate of drug-likeness (QED) is 0.511. The summed E-state index contributed by atoms with van der Waals surface area (Å²) in [5.41, 5.74) is 2.88. The highest BCUT2D eigenvalue weighted by Gasteiger charge is 2.10. The van der Waals surface area contributed by atoms with Gasteiger partial charge in [0.15, 0.2) is 0 Å². The number of carbonyl (C=O) groups excluding carboxylic acids is 3. The molecule has 0 saturated heterocycles. The Morgan fingerprint density at radius 3 is 1.97 bits per heavy atom. The maximum absolute atomic E-state index is 12.3. The Hall–Kier alpha value is -3.61. The van der Waals surface area contributed by atoms with E-state index in [0.717, 1.165) is 18.8 Å². The van der Waals surface area contributed by atoms with Crippen LogP contribution in [0, 0.1) is 0 Å². The van der Waals surface area contributed by atoms with E-state index in [1.807, 2.05) is 24.3 Å². The lowest BCUT2D eigenvalue weighted by atomic mass is 10.2. The van der Waals surface area contributed by atoms with Crippen molar-refractivity contribution in [3.8, 4) is 0 Å². The van der Waals surface area contributed by atoms with E-state index in [-0.39, 0.29) is 11.5 Å². The summed E-state index contributed by atoms with van der Waals surface area (Å²) in [6.07, 6.45) is 1.25. The van der Waals surface area contributed by atoms with Crippen molar-refractivity contribution in [3.05, 3.63) is 65.7 Å². The standard InChI is InChI=1S/C23H27N3O4/c1-5-26(6-2)20-13-11-18(12-14-20)24-21(27)15-16(3)22(28)25-19-9-7-17(8-10-19)23(29)30-4/h7-15H,5-6H2,1-4H3,(H,24,27)(H,25,28)/b16-15+. The number of anilines is 3. The number of carbonyl (C=O) groups is 3. The van der Waals surface area contributed by atoms with Crippen LogP contribution in [0.4, 0.5) is 17.1 Å². The molecule has 2 rings (SSSR count). The Kier molecular flexibility index (Phi) is 8.17. The fourth-order valence-electron chi connectivity index (χ4n) is 2.82. The summed E-state index contributed by atoms with van der Waals surface area (Å²) in [7, 11) is 1.30. The number of ether oxygens (including phenoxy) is 1. The molecule has 30 heavy (non-hydrogen) atoms. The van der Waals surface area contributed by atoms with E-state index >= 15 is 0 Å². The van der Waals surface area contributed by atoms with Crippen LogP contribution in [0.25, 0.3) is 0 Å². The molecule has 0 atom stereocenters. The Bertz CT molecular complexity index is 914. The molecule has 0 aliphatic heterocycles. The Morgan fingerprint density at radius 2 is 1.43 bits per heavy atom. The number of esters is 1. The smallest absolute Gasteiger partial charge is 0.337 e. The highest BCUT2D eigenvalue weighted by atomic mass is 16.5. The van der Waals surface area contributed by atoms with Crippen LogP contribution in [0.1, 0.15) is 31.1 Å². The molecular weight excluding hydrogens is 382 g/mol. The fourth-order valence-corrected chi connectivity index (χ4v) is 2.82. The number of nitrogens with zero attached hydrogens (tertiary/aromatic N) is 1. The topological polar surface area (TPSA) is 87.7 Å². The van der Waals surface area contributed by atoms with Gasteiger partial charge in [0.1, 0.15) is 0 Å². The average molecular weight is 409 g/mol. The summed E-state index contributed by atoms with van der Waals surface area (Å²) in [6.45, 7) is 7.55. The van der Waals surface area contributed by atoms with Crippen molar-refractivity contribution >= 4 is 34.8 Å². The van der Waals surface area contributed by atoms with Gasteiger partial charge in [-0.25, -0.2) is 4.79 Å². The van der Waals surface area contributed by atoms with Crippen LogP contribution in [0.2, 0.25) is 0 Å². The lowest BCUT2D eigenvalue weighted by molar-refractivity contribution is -0.114. The van der Waals surface area contributed by atoms with E-state index in [2.05, 4.69) is 34.1 Å². The van der Waals surface area contributed by atoms with Crippen LogP contribution in [0.15, 0.2) is 60.2 Å². The zero-order chi connectivity index (χ0) is 22.1. The van der Waals surface area contributed by atoms with Gasteiger partial charge in [-0.1, -0.05) is 0 Å². The predicted octanol–water partition coefficient (Wildman–Crippen LogP) is 3.84. The van der Waals surface area contributed by atoms with Crippen molar-refractivity contribution in [1.82, 2.24) is 0 Å². The number of amides is 2. The first kappa shape index (κ1) is 22.7. The second kappa shape index (κ2) is 10.8. The molecule has 7 nitrogen and oxygen atoms in total. The Labute approximate surface area is 176 Å². The van der Waals surface area contributed by atoms with Gasteiger partial charge in [-0.05, 0) is 69.3 Å². The second-order valence-corrected chi connectivity index (χ2v) is 6.56. The molecule has 7 heteroatoms. The molecule has 0 aliphatic carbocycles. The van der Waals surface area contributed by atoms with Gasteiger partial charge in [0, 0.05) is 41.8 Å². The van der Waals surface area contributed by atoms with Gasteiger partial charge in [-0.3, -0.25) is 9.59 Å². The van der Waals surface area contributed by atoms with Gasteiger partial charge in [-0.15, -0.1) is 0 Å². The molecule has 0 radical (unpaired) electrons. The fraction of sp³-hybridized carbons (Fsp3) is 0.261. The summed E-state index contributed by atoms with van der Waals surface area (Å²) < 4.78 is 4.64. The van der Waals surface area contributed by atoms with E-state index in [9.17, 15) is 14.4 Å². The SMILES string of the molecule is CCN(CC)c1ccc(NC(=O)/C=C(\C)C(=O)Nc2ccc(C(=O)OC)cc2)cc1. The van der Waals surface area contributed by atoms with Gasteiger partial charge >= 0.3 is 5.97 Å². The van der Waals surface area contributed by atoms with Gasteiger partial charge in [0.05, 0.1) is 12.7 Å². The molecule has 0 aromatic heterocycles. The third kappa shape index (κ3) is 6.20. The molecule has 2 aromatic rings. The van der Waals surface area contributed by atoms with Gasteiger partial charge in [0.2, 0.25) is 5.91 Å². The molecule has 0 fully saturated rings. The van der Waals surface area contributed by atoms with E-state index in [1.165, 1.54) is 13.2 Å². The summed E-state index contributed by atoms with van der Waals surface area (Å²) >= 11 is 0. The lowest BCUT2D eigenvalue weighted by Gasteiger charge is -2.21. The third-order valence-corrected chi connectivity index (χ3v) is 4.53. The van der Waals surface area contributed by atoms with Crippen molar-refractivity contribution in [2.75, 3.05) is 35.7 Å². The first-order valence-corrected chi connectivity index (χ1v) is 9.72. The van der Waals surface area contributed by atoms with Gasteiger partial charge < -0.3 is 20.3 Å². The number of methoxy groups -OCH3 is 1. The predicted molar refractivity (Wildman–Crippen MR) is 119 cm³/mol. The lowest BCUT2D eigenvalue weighted by Crippen LogP contribution is -2.21. The summed E-state index contributed by atoms with van der Waals surface area (Å²) in [6, 6.07) is 13.8. The van der Waals surface area contributed by atoms with Crippen molar-refractivity contribution < 1.29 is 19.1 Å². The Morgan fingerprint density at radius 1 is 0.900 bits per heavy atom. The zero-order valence-electron chi connectivity index (χ0n) is 17.7. The third-order valence-electron chi connectivity index (χ3n) is 4.53. The largest absolute Gasteiger partial charge is 0.465 e. The molecule has 2 aromatic carbocycles. The monoisotopic (exact) mass is 409 g/mol. The normalized spacial score (nSPS) is 10.9. The molecule has 0 bridgehead atoms. The van der Waals surface area contributed by atoms with Gasteiger partial charge in [0.25, 0.3) is 5.91 Å². The first-order valence-electron chi connectivity index (χ1n) is 9.72. The maximum Gasteiger partial charge on any atom is 0.337 e. The van der Waals surface area contributed by atoms with Crippen LogP contribution in [-0.2, 0) is 14.3 Å². The van der Waals surface area contributed by atoms with Crippen molar-refractivity contribution in [1.29, 1.82) is 0 Å². The zero-order valence-corrected chi connectivity index (χ0v) is 17.7. The molecule has 0 heterocycles. The van der Waals surface area contributed by atoms with Crippen molar-refractivity contribution in [3.63, 3.8) is 0 Å². The number of benzene rings is 2. The minimum absolute atomic E-state index is 0.254. The minimum atomic E-state index is -0.453. The molecular formula is C23H27N3O4. The summed E-state index contributed by atoms with van der Waals surface area (Å²) in [4.78, 5) is 38.2. The number of rotatable bonds is 8.